The third kappa shape index (κ3) is 7.55. The van der Waals surface area contributed by atoms with Crippen LogP contribution in [0, 0.1) is 11.6 Å². The zero-order chi connectivity index (χ0) is 29.7. The third-order valence-electron chi connectivity index (χ3n) is 6.40. The molecular formula is C26H29F5N8O2. The lowest BCUT2D eigenvalue weighted by atomic mass is 10.1. The molecule has 1 aromatic carbocycles. The minimum absolute atomic E-state index is 0.0110. The van der Waals surface area contributed by atoms with Crippen LogP contribution in [-0.2, 0) is 17.8 Å². The number of likely N-dealkylation sites (tertiary alicyclic amines) is 1. The maximum absolute atomic E-state index is 14.6. The Labute approximate surface area is 232 Å². The number of benzene rings is 1. The fourth-order valence-electron chi connectivity index (χ4n) is 4.37. The van der Waals surface area contributed by atoms with Gasteiger partial charge in [-0.3, -0.25) is 14.4 Å². The van der Waals surface area contributed by atoms with Gasteiger partial charge >= 0.3 is 6.18 Å². The van der Waals surface area contributed by atoms with E-state index in [0.717, 1.165) is 12.1 Å². The Morgan fingerprint density at radius 3 is 2.56 bits per heavy atom. The maximum atomic E-state index is 14.6. The van der Waals surface area contributed by atoms with Gasteiger partial charge < -0.3 is 21.1 Å². The summed E-state index contributed by atoms with van der Waals surface area (Å²) in [6, 6.07) is 1.48. The van der Waals surface area contributed by atoms with Gasteiger partial charge in [-0.2, -0.15) is 23.3 Å². The predicted molar refractivity (Wildman–Crippen MR) is 141 cm³/mol. The van der Waals surface area contributed by atoms with Gasteiger partial charge in [0, 0.05) is 38.0 Å². The number of alkyl halides is 3. The zero-order valence-electron chi connectivity index (χ0n) is 22.1. The molecule has 10 nitrogen and oxygen atoms in total. The summed E-state index contributed by atoms with van der Waals surface area (Å²) in [5, 5.41) is 9.66. The molecule has 4 rings (SSSR count). The van der Waals surface area contributed by atoms with Crippen LogP contribution < -0.4 is 21.1 Å². The fraction of sp³-hybridized carbons (Fsp3) is 0.385. The van der Waals surface area contributed by atoms with Crippen LogP contribution in [-0.4, -0.2) is 56.4 Å². The number of carbonyl (C=O) groups excluding carboxylic acids is 1. The average Bonchev–Trinajstić information content (AvgIpc) is 3.39. The number of rotatable bonds is 10. The lowest BCUT2D eigenvalue weighted by Crippen LogP contribution is -2.40. The number of aryl methyl sites for hydroxylation is 1. The highest BCUT2D eigenvalue weighted by Gasteiger charge is 2.33. The van der Waals surface area contributed by atoms with Crippen LogP contribution in [0.15, 0.2) is 37.2 Å². The molecule has 1 aliphatic rings. The van der Waals surface area contributed by atoms with Crippen molar-refractivity contribution in [2.45, 2.75) is 44.9 Å². The molecule has 41 heavy (non-hydrogen) atoms. The second-order valence-electron chi connectivity index (χ2n) is 9.34. The molecule has 220 valence electrons. The van der Waals surface area contributed by atoms with Gasteiger partial charge in [0.15, 0.2) is 17.4 Å². The molecule has 2 aromatic heterocycles. The molecule has 15 heteroatoms. The molecule has 1 amide bonds. The van der Waals surface area contributed by atoms with Crippen LogP contribution in [0.1, 0.15) is 37.2 Å². The number of carbonyl (C=O) groups is 1. The van der Waals surface area contributed by atoms with E-state index >= 15 is 0 Å². The van der Waals surface area contributed by atoms with Crippen molar-refractivity contribution in [3.05, 3.63) is 60.2 Å². The van der Waals surface area contributed by atoms with E-state index in [1.165, 1.54) is 11.1 Å². The Bertz CT molecular complexity index is 1400. The van der Waals surface area contributed by atoms with Crippen molar-refractivity contribution >= 4 is 23.1 Å². The molecule has 3 heterocycles. The number of anilines is 3. The average molecular weight is 581 g/mol. The van der Waals surface area contributed by atoms with Gasteiger partial charge in [0.05, 0.1) is 35.9 Å². The van der Waals surface area contributed by atoms with Crippen LogP contribution in [0.5, 0.6) is 11.6 Å². The molecule has 0 bridgehead atoms. The van der Waals surface area contributed by atoms with Crippen molar-refractivity contribution in [1.29, 1.82) is 0 Å². The van der Waals surface area contributed by atoms with Crippen molar-refractivity contribution in [1.82, 2.24) is 24.6 Å². The topological polar surface area (TPSA) is 123 Å². The number of nitrogens with one attached hydrogen (secondary N) is 2. The van der Waals surface area contributed by atoms with Crippen LogP contribution in [0.2, 0.25) is 0 Å². The molecule has 1 saturated heterocycles. The maximum Gasteiger partial charge on any atom is 0.401 e. The van der Waals surface area contributed by atoms with Crippen LogP contribution >= 0.6 is 0 Å². The molecule has 4 N–H and O–H groups in total. The first-order valence-electron chi connectivity index (χ1n) is 12.8. The monoisotopic (exact) mass is 580 g/mol. The Morgan fingerprint density at radius 2 is 1.93 bits per heavy atom. The summed E-state index contributed by atoms with van der Waals surface area (Å²) < 4.78 is 74.2. The SMILES string of the molecule is C=CC(=O)Nc1cc(Oc2nc(Nc3cnn(C4CCN(CC(F)(F)F)CC4)c3)c(CN)nc2CC)c(F)cc1F. The highest BCUT2D eigenvalue weighted by atomic mass is 19.4. The van der Waals surface area contributed by atoms with Gasteiger partial charge in [-0.1, -0.05) is 13.5 Å². The van der Waals surface area contributed by atoms with Crippen LogP contribution in [0.4, 0.5) is 39.1 Å². The number of hydrogen-bond acceptors (Lipinski definition) is 8. The van der Waals surface area contributed by atoms with Crippen LogP contribution in [0.25, 0.3) is 0 Å². The minimum atomic E-state index is -4.24. The van der Waals surface area contributed by atoms with Gasteiger partial charge in [0.2, 0.25) is 11.8 Å². The number of halogens is 5. The lowest BCUT2D eigenvalue weighted by Gasteiger charge is -2.32. The zero-order valence-corrected chi connectivity index (χ0v) is 22.1. The predicted octanol–water partition coefficient (Wildman–Crippen LogP) is 4.83. The minimum Gasteiger partial charge on any atom is -0.434 e. The van der Waals surface area contributed by atoms with E-state index in [9.17, 15) is 26.7 Å². The van der Waals surface area contributed by atoms with Crippen molar-refractivity contribution in [2.24, 2.45) is 5.73 Å². The highest BCUT2D eigenvalue weighted by molar-refractivity contribution is 5.99. The smallest absolute Gasteiger partial charge is 0.401 e. The molecule has 0 saturated carbocycles. The van der Waals surface area contributed by atoms with Gasteiger partial charge in [0.1, 0.15) is 11.5 Å². The number of nitrogens with zero attached hydrogens (tertiary/aromatic N) is 5. The summed E-state index contributed by atoms with van der Waals surface area (Å²) >= 11 is 0. The summed E-state index contributed by atoms with van der Waals surface area (Å²) in [6.07, 6.45) is 1.30. The first-order valence-corrected chi connectivity index (χ1v) is 12.8. The van der Waals surface area contributed by atoms with Crippen LogP contribution in [0.3, 0.4) is 0 Å². The highest BCUT2D eigenvalue weighted by Crippen LogP contribution is 2.33. The third-order valence-corrected chi connectivity index (χ3v) is 6.40. The normalized spacial score (nSPS) is 14.6. The van der Waals surface area contributed by atoms with Gasteiger partial charge in [0.25, 0.3) is 0 Å². The molecular weight excluding hydrogens is 551 g/mol. The number of piperidine rings is 1. The second kappa shape index (κ2) is 12.6. The molecule has 0 radical (unpaired) electrons. The molecule has 1 aliphatic heterocycles. The summed E-state index contributed by atoms with van der Waals surface area (Å²) in [7, 11) is 0. The molecule has 0 atom stereocenters. The van der Waals surface area contributed by atoms with E-state index in [1.807, 2.05) is 0 Å². The van der Waals surface area contributed by atoms with E-state index in [2.05, 4.69) is 32.3 Å². The Morgan fingerprint density at radius 1 is 1.20 bits per heavy atom. The van der Waals surface area contributed by atoms with E-state index in [-0.39, 0.29) is 30.0 Å². The number of ether oxygens (including phenoxy) is 1. The lowest BCUT2D eigenvalue weighted by molar-refractivity contribution is -0.148. The van der Waals surface area contributed by atoms with E-state index < -0.39 is 36.0 Å². The Hall–Kier alpha value is -4.11. The fourth-order valence-corrected chi connectivity index (χ4v) is 4.37. The van der Waals surface area contributed by atoms with Gasteiger partial charge in [-0.15, -0.1) is 0 Å². The second-order valence-corrected chi connectivity index (χ2v) is 9.34. The van der Waals surface area contributed by atoms with Gasteiger partial charge in [-0.25, -0.2) is 13.8 Å². The quantitative estimate of drug-likeness (QED) is 0.230. The number of nitrogens with two attached hydrogens (primary N) is 1. The Kier molecular flexibility index (Phi) is 9.18. The first kappa shape index (κ1) is 29.9. The van der Waals surface area contributed by atoms with Crippen molar-refractivity contribution in [3.8, 4) is 11.6 Å². The Balaban J connectivity index is 1.53. The van der Waals surface area contributed by atoms with E-state index in [0.29, 0.717) is 55.5 Å². The molecule has 1 fully saturated rings. The number of hydrogen-bond donors (Lipinski definition) is 3. The van der Waals surface area contributed by atoms with Gasteiger partial charge in [-0.05, 0) is 25.3 Å². The molecule has 0 unspecified atom stereocenters. The number of amides is 1. The van der Waals surface area contributed by atoms with Crippen molar-refractivity contribution in [3.63, 3.8) is 0 Å². The summed E-state index contributed by atoms with van der Waals surface area (Å²) in [5.41, 5.74) is 6.84. The largest absolute Gasteiger partial charge is 0.434 e. The van der Waals surface area contributed by atoms with Crippen molar-refractivity contribution < 1.29 is 31.5 Å². The molecule has 0 aliphatic carbocycles. The summed E-state index contributed by atoms with van der Waals surface area (Å²) in [5.74, 6) is -2.98. The molecule has 0 spiro atoms. The first-order chi connectivity index (χ1) is 19.5. The standard InChI is InChI=1S/C26H29F5N8O2/c1-3-19-25(41-22-10-20(36-23(40)4-2)17(27)9-18(22)28)37-24(21(11-32)35-19)34-15-12-33-39(13-15)16-5-7-38(8-6-16)14-26(29,30)31/h4,9-10,12-13,16H,2-3,5-8,11,14,32H2,1H3,(H,34,37)(H,36,40). The molecule has 3 aromatic rings. The summed E-state index contributed by atoms with van der Waals surface area (Å²) in [6.45, 7) is 4.76. The number of aromatic nitrogens is 4. The van der Waals surface area contributed by atoms with Crippen molar-refractivity contribution in [2.75, 3.05) is 30.3 Å². The van der Waals surface area contributed by atoms with E-state index in [1.54, 1.807) is 17.8 Å². The summed E-state index contributed by atoms with van der Waals surface area (Å²) in [4.78, 5) is 21.9. The van der Waals surface area contributed by atoms with E-state index in [4.69, 9.17) is 10.5 Å².